The zero-order valence-corrected chi connectivity index (χ0v) is 10.8. The summed E-state index contributed by atoms with van der Waals surface area (Å²) >= 11 is 3.08. The van der Waals surface area contributed by atoms with Gasteiger partial charge in [0.1, 0.15) is 16.1 Å². The van der Waals surface area contributed by atoms with Gasteiger partial charge in [-0.25, -0.2) is 18.2 Å². The van der Waals surface area contributed by atoms with Crippen LogP contribution in [0, 0.1) is 17.5 Å². The van der Waals surface area contributed by atoms with E-state index in [1.165, 1.54) is 6.07 Å². The Labute approximate surface area is 114 Å². The third-order valence-corrected chi connectivity index (χ3v) is 2.65. The zero-order valence-electron chi connectivity index (χ0n) is 9.25. The number of carbonyl (C=O) groups is 1. The number of nitrogens with one attached hydrogen (secondary N) is 1. The Kier molecular flexibility index (Phi) is 3.84. The summed E-state index contributed by atoms with van der Waals surface area (Å²) in [6, 6.07) is 5.50. The number of hydrogen-bond donors (Lipinski definition) is 1. The maximum absolute atomic E-state index is 13.3. The quantitative estimate of drug-likeness (QED) is 0.676. The Morgan fingerprint density at radius 1 is 1.11 bits per heavy atom. The molecule has 1 N–H and O–H groups in total. The molecule has 1 heterocycles. The van der Waals surface area contributed by atoms with E-state index in [0.717, 1.165) is 0 Å². The maximum Gasteiger partial charge on any atom is 0.274 e. The summed E-state index contributed by atoms with van der Waals surface area (Å²) in [5.74, 6) is -4.37. The SMILES string of the molecule is O=C(Nc1cc(F)c(F)cc1F)c1cccc(Br)n1. The van der Waals surface area contributed by atoms with Crippen LogP contribution in [0.2, 0.25) is 0 Å². The lowest BCUT2D eigenvalue weighted by Gasteiger charge is -2.06. The molecule has 2 rings (SSSR count). The van der Waals surface area contributed by atoms with Crippen LogP contribution in [0.25, 0.3) is 0 Å². The average molecular weight is 331 g/mol. The lowest BCUT2D eigenvalue weighted by molar-refractivity contribution is 0.102. The summed E-state index contributed by atoms with van der Waals surface area (Å²) in [7, 11) is 0. The molecule has 0 fully saturated rings. The monoisotopic (exact) mass is 330 g/mol. The largest absolute Gasteiger partial charge is 0.318 e. The molecule has 0 unspecified atom stereocenters. The third kappa shape index (κ3) is 3.11. The van der Waals surface area contributed by atoms with Crippen molar-refractivity contribution in [3.63, 3.8) is 0 Å². The first kappa shape index (κ1) is 13.5. The molecule has 1 amide bonds. The van der Waals surface area contributed by atoms with Crippen molar-refractivity contribution in [3.8, 4) is 0 Å². The molecule has 0 aliphatic carbocycles. The Morgan fingerprint density at radius 3 is 2.47 bits per heavy atom. The molecule has 2 aromatic rings. The number of aromatic nitrogens is 1. The molecule has 0 saturated heterocycles. The third-order valence-electron chi connectivity index (χ3n) is 2.21. The second-order valence-corrected chi connectivity index (χ2v) is 4.36. The van der Waals surface area contributed by atoms with Crippen molar-refractivity contribution in [3.05, 3.63) is 58.1 Å². The molecular formula is C12H6BrF3N2O. The number of anilines is 1. The molecule has 98 valence electrons. The van der Waals surface area contributed by atoms with Gasteiger partial charge in [0, 0.05) is 12.1 Å². The van der Waals surface area contributed by atoms with E-state index in [4.69, 9.17) is 0 Å². The molecule has 0 aliphatic rings. The molecule has 19 heavy (non-hydrogen) atoms. The van der Waals surface area contributed by atoms with E-state index >= 15 is 0 Å². The topological polar surface area (TPSA) is 42.0 Å². The number of benzene rings is 1. The standard InChI is InChI=1S/C12H6BrF3N2O/c13-11-3-1-2-9(17-11)12(19)18-10-5-7(15)6(14)4-8(10)16/h1-5H,(H,18,19). The van der Waals surface area contributed by atoms with E-state index in [9.17, 15) is 18.0 Å². The Hall–Kier alpha value is -1.89. The minimum absolute atomic E-state index is 0.0125. The van der Waals surface area contributed by atoms with Crippen molar-refractivity contribution < 1.29 is 18.0 Å². The van der Waals surface area contributed by atoms with Crippen LogP contribution < -0.4 is 5.32 Å². The first-order valence-corrected chi connectivity index (χ1v) is 5.85. The summed E-state index contributed by atoms with van der Waals surface area (Å²) in [5, 5.41) is 2.12. The highest BCUT2D eigenvalue weighted by molar-refractivity contribution is 9.10. The van der Waals surface area contributed by atoms with Crippen LogP contribution in [0.3, 0.4) is 0 Å². The van der Waals surface area contributed by atoms with E-state index < -0.39 is 29.0 Å². The van der Waals surface area contributed by atoms with Gasteiger partial charge in [-0.2, -0.15) is 0 Å². The molecule has 7 heteroatoms. The Bertz CT molecular complexity index is 649. The minimum Gasteiger partial charge on any atom is -0.318 e. The average Bonchev–Trinajstić information content (AvgIpc) is 2.36. The van der Waals surface area contributed by atoms with Crippen LogP contribution in [0.15, 0.2) is 34.9 Å². The zero-order chi connectivity index (χ0) is 14.0. The normalized spacial score (nSPS) is 10.3. The number of amides is 1. The fraction of sp³-hybridized carbons (Fsp3) is 0. The van der Waals surface area contributed by atoms with E-state index in [-0.39, 0.29) is 5.69 Å². The maximum atomic E-state index is 13.3. The van der Waals surface area contributed by atoms with Gasteiger partial charge in [-0.05, 0) is 28.1 Å². The highest BCUT2D eigenvalue weighted by Crippen LogP contribution is 2.19. The molecule has 3 nitrogen and oxygen atoms in total. The number of pyridine rings is 1. The Balaban J connectivity index is 2.27. The van der Waals surface area contributed by atoms with Crippen LogP contribution in [0.5, 0.6) is 0 Å². The molecule has 0 spiro atoms. The van der Waals surface area contributed by atoms with Crippen molar-refractivity contribution in [1.82, 2.24) is 4.98 Å². The summed E-state index contributed by atoms with van der Waals surface area (Å²) in [6.07, 6.45) is 0. The van der Waals surface area contributed by atoms with Crippen LogP contribution in [0.4, 0.5) is 18.9 Å². The molecule has 0 bridgehead atoms. The summed E-state index contributed by atoms with van der Waals surface area (Å²) in [4.78, 5) is 15.6. The highest BCUT2D eigenvalue weighted by atomic mass is 79.9. The van der Waals surface area contributed by atoms with Gasteiger partial charge in [0.15, 0.2) is 11.6 Å². The molecule has 1 aromatic carbocycles. The molecule has 0 radical (unpaired) electrons. The van der Waals surface area contributed by atoms with Gasteiger partial charge in [0.25, 0.3) is 5.91 Å². The van der Waals surface area contributed by atoms with Crippen LogP contribution in [-0.2, 0) is 0 Å². The summed E-state index contributed by atoms with van der Waals surface area (Å²) in [6.45, 7) is 0. The van der Waals surface area contributed by atoms with Gasteiger partial charge in [-0.3, -0.25) is 4.79 Å². The van der Waals surface area contributed by atoms with E-state index in [1.54, 1.807) is 12.1 Å². The van der Waals surface area contributed by atoms with Gasteiger partial charge in [0.2, 0.25) is 0 Å². The number of rotatable bonds is 2. The number of hydrogen-bond acceptors (Lipinski definition) is 2. The van der Waals surface area contributed by atoms with Gasteiger partial charge < -0.3 is 5.32 Å². The first-order valence-electron chi connectivity index (χ1n) is 5.06. The smallest absolute Gasteiger partial charge is 0.274 e. The summed E-state index contributed by atoms with van der Waals surface area (Å²) in [5.41, 5.74) is -0.441. The Morgan fingerprint density at radius 2 is 1.79 bits per heavy atom. The van der Waals surface area contributed by atoms with Gasteiger partial charge >= 0.3 is 0 Å². The second-order valence-electron chi connectivity index (χ2n) is 3.55. The minimum atomic E-state index is -1.32. The van der Waals surface area contributed by atoms with Crippen LogP contribution in [0.1, 0.15) is 10.5 Å². The van der Waals surface area contributed by atoms with Gasteiger partial charge in [-0.1, -0.05) is 6.07 Å². The molecule has 0 saturated carbocycles. The lowest BCUT2D eigenvalue weighted by Crippen LogP contribution is -2.15. The number of halogens is 4. The van der Waals surface area contributed by atoms with Crippen molar-refractivity contribution in [2.45, 2.75) is 0 Å². The predicted molar refractivity (Wildman–Crippen MR) is 66.2 cm³/mol. The van der Waals surface area contributed by atoms with E-state index in [0.29, 0.717) is 16.7 Å². The van der Waals surface area contributed by atoms with Gasteiger partial charge in [0.05, 0.1) is 5.69 Å². The molecule has 1 aromatic heterocycles. The van der Waals surface area contributed by atoms with E-state index in [2.05, 4.69) is 26.2 Å². The lowest BCUT2D eigenvalue weighted by atomic mass is 10.2. The highest BCUT2D eigenvalue weighted by Gasteiger charge is 2.14. The van der Waals surface area contributed by atoms with Crippen molar-refractivity contribution in [2.24, 2.45) is 0 Å². The van der Waals surface area contributed by atoms with Crippen molar-refractivity contribution in [1.29, 1.82) is 0 Å². The van der Waals surface area contributed by atoms with Crippen LogP contribution >= 0.6 is 15.9 Å². The van der Waals surface area contributed by atoms with Gasteiger partial charge in [-0.15, -0.1) is 0 Å². The predicted octanol–water partition coefficient (Wildman–Crippen LogP) is 3.51. The van der Waals surface area contributed by atoms with Crippen molar-refractivity contribution in [2.75, 3.05) is 5.32 Å². The van der Waals surface area contributed by atoms with Crippen LogP contribution in [-0.4, -0.2) is 10.9 Å². The van der Waals surface area contributed by atoms with Crippen molar-refractivity contribution >= 4 is 27.5 Å². The summed E-state index contributed by atoms with van der Waals surface area (Å²) < 4.78 is 39.4. The first-order chi connectivity index (χ1) is 8.97. The van der Waals surface area contributed by atoms with E-state index in [1.807, 2.05) is 0 Å². The fourth-order valence-electron chi connectivity index (χ4n) is 1.34. The molecule has 0 aliphatic heterocycles. The number of nitrogens with zero attached hydrogens (tertiary/aromatic N) is 1. The molecular weight excluding hydrogens is 325 g/mol. The fourth-order valence-corrected chi connectivity index (χ4v) is 1.68. The molecule has 0 atom stereocenters. The number of carbonyl (C=O) groups excluding carboxylic acids is 1. The second kappa shape index (κ2) is 5.40.